The summed E-state index contributed by atoms with van der Waals surface area (Å²) in [4.78, 5) is 62.8. The van der Waals surface area contributed by atoms with Crippen molar-refractivity contribution in [1.29, 1.82) is 5.41 Å². The largest absolute Gasteiger partial charge is 0.388 e. The van der Waals surface area contributed by atoms with E-state index in [-0.39, 0.29) is 89.3 Å². The molecular weight excluding hydrogens is 763 g/mol. The van der Waals surface area contributed by atoms with E-state index >= 15 is 0 Å². The maximum Gasteiger partial charge on any atom is 0.224 e. The molecule has 16 heteroatoms. The number of Topliss-reactive ketones (excluding diaryl/α,β-unsaturated/α-hetero) is 2. The number of para-hydroxylation sites is 1. The molecule has 0 saturated carbocycles. The topological polar surface area (TPSA) is 182 Å². The molecule has 54 heavy (non-hydrogen) atoms. The van der Waals surface area contributed by atoms with Gasteiger partial charge in [0.15, 0.2) is 10.8 Å². The number of nitrogens with zero attached hydrogens (tertiary/aromatic N) is 3. The lowest BCUT2D eigenvalue weighted by Gasteiger charge is -2.24. The Morgan fingerprint density at radius 1 is 0.926 bits per heavy atom. The minimum Gasteiger partial charge on any atom is -0.388 e. The molecular formula is C38H55N7O5S4. The summed E-state index contributed by atoms with van der Waals surface area (Å²) in [6.45, 7) is 6.06. The highest BCUT2D eigenvalue weighted by atomic mass is 32.1. The van der Waals surface area contributed by atoms with E-state index in [0.717, 1.165) is 10.3 Å². The highest BCUT2D eigenvalue weighted by molar-refractivity contribution is 7.59. The summed E-state index contributed by atoms with van der Waals surface area (Å²) in [5.41, 5.74) is 7.98. The maximum absolute atomic E-state index is 14.0. The molecule has 2 aromatic carbocycles. The first-order valence-electron chi connectivity index (χ1n) is 17.4. The van der Waals surface area contributed by atoms with E-state index < -0.39 is 23.9 Å². The van der Waals surface area contributed by atoms with Gasteiger partial charge in [0.2, 0.25) is 17.6 Å². The zero-order chi connectivity index (χ0) is 36.8. The smallest absolute Gasteiger partial charge is 0.224 e. The van der Waals surface area contributed by atoms with E-state index in [0.29, 0.717) is 61.4 Å². The monoisotopic (exact) mass is 817 g/mol. The molecule has 0 spiro atoms. The molecule has 0 unspecified atom stereocenters. The Balaban J connectivity index is 0.00000486. The number of nitrogens with two attached hydrogens (primary N) is 1. The van der Waals surface area contributed by atoms with Crippen molar-refractivity contribution in [3.05, 3.63) is 83.4 Å². The van der Waals surface area contributed by atoms with E-state index in [2.05, 4.69) is 20.6 Å². The number of benzene rings is 2. The second-order valence-electron chi connectivity index (χ2n) is 13.3. The number of unbranched alkanes of at least 4 members (excludes halogenated alkanes) is 1. The van der Waals surface area contributed by atoms with Crippen LogP contribution in [0.15, 0.2) is 67.1 Å². The average Bonchev–Trinajstić information content (AvgIpc) is 3.74. The lowest BCUT2D eigenvalue weighted by Crippen LogP contribution is -2.46. The van der Waals surface area contributed by atoms with E-state index in [4.69, 9.17) is 15.9 Å². The van der Waals surface area contributed by atoms with Gasteiger partial charge in [-0.05, 0) is 42.9 Å². The normalized spacial score (nSPS) is 12.4. The Kier molecular flexibility index (Phi) is 22.1. The van der Waals surface area contributed by atoms with E-state index in [1.54, 1.807) is 17.1 Å². The number of fused-ring (bicyclic) bond motifs is 1. The fourth-order valence-electron chi connectivity index (χ4n) is 5.76. The molecule has 0 bridgehead atoms. The molecule has 2 aromatic heterocycles. The fraction of sp³-hybridized carbons (Fsp3) is 0.447. The van der Waals surface area contributed by atoms with Crippen molar-refractivity contribution in [3.63, 3.8) is 0 Å². The Hall–Kier alpha value is -3.70. The molecule has 0 aliphatic rings. The summed E-state index contributed by atoms with van der Waals surface area (Å²) in [6.07, 6.45) is 6.31. The highest BCUT2D eigenvalue weighted by Gasteiger charge is 2.32. The zero-order valence-corrected chi connectivity index (χ0v) is 34.9. The summed E-state index contributed by atoms with van der Waals surface area (Å²) in [5.74, 6) is -1.72. The maximum atomic E-state index is 14.0. The number of hydrogen-bond acceptors (Lipinski definition) is 9. The SMILES string of the molecule is CC(=O)N[C@@H](Cc1cncn1COCc1ccccc1)C(=O)C[C@@H](CCC(C)C)C(=O)N[C@@H](CCCCC(=N)N)C(=O)c1nc2ccccc2s1.S.S.S. The van der Waals surface area contributed by atoms with Crippen molar-refractivity contribution >= 4 is 91.3 Å². The van der Waals surface area contributed by atoms with Crippen LogP contribution >= 0.6 is 51.8 Å². The van der Waals surface area contributed by atoms with Gasteiger partial charge in [-0.25, -0.2) is 9.97 Å². The predicted octanol–water partition coefficient (Wildman–Crippen LogP) is 5.93. The van der Waals surface area contributed by atoms with Gasteiger partial charge in [-0.1, -0.05) is 69.2 Å². The van der Waals surface area contributed by atoms with Gasteiger partial charge in [-0.15, -0.1) is 11.3 Å². The third kappa shape index (κ3) is 15.6. The highest BCUT2D eigenvalue weighted by Crippen LogP contribution is 2.25. The van der Waals surface area contributed by atoms with Crippen LogP contribution in [-0.2, 0) is 38.9 Å². The Bertz CT molecular complexity index is 1750. The van der Waals surface area contributed by atoms with E-state index in [1.165, 1.54) is 18.3 Å². The van der Waals surface area contributed by atoms with Gasteiger partial charge in [0, 0.05) is 44.0 Å². The number of carbonyl (C=O) groups is 4. The number of ether oxygens (including phenoxy) is 1. The van der Waals surface area contributed by atoms with Crippen LogP contribution in [0.25, 0.3) is 10.2 Å². The van der Waals surface area contributed by atoms with Gasteiger partial charge >= 0.3 is 0 Å². The Morgan fingerprint density at radius 2 is 1.63 bits per heavy atom. The summed E-state index contributed by atoms with van der Waals surface area (Å²) < 4.78 is 8.54. The van der Waals surface area contributed by atoms with Gasteiger partial charge in [0.25, 0.3) is 0 Å². The number of carbonyl (C=O) groups excluding carboxylic acids is 4. The van der Waals surface area contributed by atoms with Crippen LogP contribution < -0.4 is 16.4 Å². The van der Waals surface area contributed by atoms with Crippen LogP contribution in [0.5, 0.6) is 0 Å². The summed E-state index contributed by atoms with van der Waals surface area (Å²) in [7, 11) is 0. The van der Waals surface area contributed by atoms with Crippen molar-refractivity contribution in [1.82, 2.24) is 25.2 Å². The molecule has 0 saturated heterocycles. The first kappa shape index (κ1) is 48.3. The van der Waals surface area contributed by atoms with Gasteiger partial charge in [-0.2, -0.15) is 40.5 Å². The number of hydrogen-bond donors (Lipinski definition) is 4. The standard InChI is InChI=1S/C38H49N7O5S.3H2S/c1-25(2)17-18-28(37(49)43-31(14-8-10-16-35(39)40)36(48)38-44-30-13-7-9-15-34(30)51-38)19-33(47)32(42-26(3)46)20-29-21-41-23-45(29)24-50-22-27-11-5-4-6-12-27;;;/h4-7,9,11-13,15,21,23,25,28,31-32H,8,10,14,16-20,22,24H2,1-3H3,(H3,39,40)(H,42,46)(H,43,49);3*1H2/t28-,31+,32+;;;/m1.../s1. The minimum atomic E-state index is -0.895. The van der Waals surface area contributed by atoms with Gasteiger partial charge in [0.1, 0.15) is 6.73 Å². The lowest BCUT2D eigenvalue weighted by atomic mass is 9.89. The van der Waals surface area contributed by atoms with Crippen LogP contribution in [0.3, 0.4) is 0 Å². The van der Waals surface area contributed by atoms with Gasteiger partial charge in [-0.3, -0.25) is 24.6 Å². The van der Waals surface area contributed by atoms with Crippen molar-refractivity contribution < 1.29 is 23.9 Å². The Morgan fingerprint density at radius 3 is 2.30 bits per heavy atom. The molecule has 2 heterocycles. The lowest BCUT2D eigenvalue weighted by molar-refractivity contribution is -0.132. The second-order valence-corrected chi connectivity index (χ2v) is 14.3. The number of amides is 2. The van der Waals surface area contributed by atoms with Crippen LogP contribution in [0.1, 0.15) is 86.8 Å². The number of aromatic nitrogens is 3. The van der Waals surface area contributed by atoms with E-state index in [1.807, 2.05) is 68.4 Å². The fourth-order valence-corrected chi connectivity index (χ4v) is 6.72. The molecule has 296 valence electrons. The second kappa shape index (κ2) is 24.7. The number of amidine groups is 1. The summed E-state index contributed by atoms with van der Waals surface area (Å²) in [6, 6.07) is 15.5. The molecule has 4 aromatic rings. The molecule has 3 atom stereocenters. The van der Waals surface area contributed by atoms with Crippen molar-refractivity contribution in [2.24, 2.45) is 17.6 Å². The van der Waals surface area contributed by atoms with Gasteiger partial charge in [0.05, 0.1) is 41.1 Å². The van der Waals surface area contributed by atoms with Crippen LogP contribution in [-0.4, -0.2) is 55.8 Å². The molecule has 5 N–H and O–H groups in total. The van der Waals surface area contributed by atoms with Crippen molar-refractivity contribution in [3.8, 4) is 0 Å². The molecule has 2 amide bonds. The van der Waals surface area contributed by atoms with Crippen molar-refractivity contribution in [2.45, 2.75) is 97.6 Å². The number of ketones is 2. The zero-order valence-electron chi connectivity index (χ0n) is 31.1. The average molecular weight is 818 g/mol. The van der Waals surface area contributed by atoms with Gasteiger partial charge < -0.3 is 25.7 Å². The number of thiazole rings is 1. The van der Waals surface area contributed by atoms with Crippen molar-refractivity contribution in [2.75, 3.05) is 0 Å². The molecule has 12 nitrogen and oxygen atoms in total. The third-order valence-electron chi connectivity index (χ3n) is 8.56. The summed E-state index contributed by atoms with van der Waals surface area (Å²) >= 11 is 1.28. The molecule has 0 radical (unpaired) electrons. The molecule has 0 aliphatic carbocycles. The summed E-state index contributed by atoms with van der Waals surface area (Å²) in [5, 5.41) is 13.6. The van der Waals surface area contributed by atoms with Crippen LogP contribution in [0.4, 0.5) is 0 Å². The number of nitrogens with one attached hydrogen (secondary N) is 3. The minimum absolute atomic E-state index is 0. The first-order chi connectivity index (χ1) is 24.5. The number of rotatable bonds is 22. The number of imidazole rings is 1. The molecule has 0 aliphatic heterocycles. The van der Waals surface area contributed by atoms with E-state index in [9.17, 15) is 19.2 Å². The van der Waals surface area contributed by atoms with Crippen LogP contribution in [0, 0.1) is 17.2 Å². The molecule has 4 rings (SSSR count). The molecule has 0 fully saturated rings. The predicted molar refractivity (Wildman–Crippen MR) is 229 cm³/mol. The quantitative estimate of drug-likeness (QED) is 0.0326. The third-order valence-corrected chi connectivity index (χ3v) is 9.61. The van der Waals surface area contributed by atoms with Crippen LogP contribution in [0.2, 0.25) is 0 Å². The Labute approximate surface area is 342 Å². The first-order valence-corrected chi connectivity index (χ1v) is 18.2.